The third kappa shape index (κ3) is 3.85. The molecule has 0 bridgehead atoms. The van der Waals surface area contributed by atoms with Gasteiger partial charge in [0.25, 0.3) is 0 Å². The lowest BCUT2D eigenvalue weighted by molar-refractivity contribution is -0.116. The molecule has 0 atom stereocenters. The molecule has 1 amide bonds. The smallest absolute Gasteiger partial charge is 0.341 e. The summed E-state index contributed by atoms with van der Waals surface area (Å²) in [6, 6.07) is 3.84. The fraction of sp³-hybridized carbons (Fsp3) is 0.368. The summed E-state index contributed by atoms with van der Waals surface area (Å²) in [6.45, 7) is 0. The Morgan fingerprint density at radius 1 is 1.32 bits per heavy atom. The highest BCUT2D eigenvalue weighted by molar-refractivity contribution is 7.17. The zero-order valence-corrected chi connectivity index (χ0v) is 17.0. The Bertz CT molecular complexity index is 991. The zero-order valence-electron chi connectivity index (χ0n) is 15.3. The molecule has 3 heterocycles. The Morgan fingerprint density at radius 3 is 2.96 bits per heavy atom. The molecule has 3 aromatic heterocycles. The van der Waals surface area contributed by atoms with Gasteiger partial charge in [-0.1, -0.05) is 11.2 Å². The zero-order chi connectivity index (χ0) is 19.5. The normalized spacial score (nSPS) is 13.2. The van der Waals surface area contributed by atoms with Crippen molar-refractivity contribution in [3.63, 3.8) is 0 Å². The second kappa shape index (κ2) is 8.24. The molecule has 146 valence electrons. The molecule has 3 aromatic rings. The molecule has 1 aliphatic carbocycles. The highest BCUT2D eigenvalue weighted by atomic mass is 32.1. The van der Waals surface area contributed by atoms with E-state index in [1.807, 2.05) is 17.5 Å². The van der Waals surface area contributed by atoms with Crippen molar-refractivity contribution >= 4 is 39.6 Å². The first kappa shape index (κ1) is 18.8. The largest absolute Gasteiger partial charge is 0.465 e. The number of carbonyl (C=O) groups is 2. The van der Waals surface area contributed by atoms with Crippen molar-refractivity contribution in [2.45, 2.75) is 38.5 Å². The molecule has 0 saturated heterocycles. The molecule has 0 aromatic carbocycles. The van der Waals surface area contributed by atoms with Gasteiger partial charge in [0.15, 0.2) is 0 Å². The lowest BCUT2D eigenvalue weighted by Crippen LogP contribution is -2.15. The number of thiophene rings is 2. The number of methoxy groups -OCH3 is 1. The predicted octanol–water partition coefficient (Wildman–Crippen LogP) is 4.10. The summed E-state index contributed by atoms with van der Waals surface area (Å²) >= 11 is 3.00. The van der Waals surface area contributed by atoms with Crippen LogP contribution in [0.4, 0.5) is 5.00 Å². The van der Waals surface area contributed by atoms with E-state index in [-0.39, 0.29) is 12.3 Å². The van der Waals surface area contributed by atoms with Gasteiger partial charge in [0.1, 0.15) is 5.00 Å². The molecule has 28 heavy (non-hydrogen) atoms. The van der Waals surface area contributed by atoms with Crippen LogP contribution in [0.1, 0.15) is 46.0 Å². The Kier molecular flexibility index (Phi) is 5.54. The number of esters is 1. The second-order valence-corrected chi connectivity index (χ2v) is 8.50. The predicted molar refractivity (Wildman–Crippen MR) is 107 cm³/mol. The summed E-state index contributed by atoms with van der Waals surface area (Å²) in [7, 11) is 1.36. The molecular weight excluding hydrogens is 398 g/mol. The van der Waals surface area contributed by atoms with E-state index in [4.69, 9.17) is 9.26 Å². The van der Waals surface area contributed by atoms with E-state index >= 15 is 0 Å². The number of ether oxygens (including phenoxy) is 1. The van der Waals surface area contributed by atoms with Gasteiger partial charge in [0.2, 0.25) is 17.6 Å². The van der Waals surface area contributed by atoms with Crippen LogP contribution < -0.4 is 5.32 Å². The Morgan fingerprint density at radius 2 is 2.18 bits per heavy atom. The number of nitrogens with zero attached hydrogens (tertiary/aromatic N) is 2. The van der Waals surface area contributed by atoms with Crippen LogP contribution in [-0.2, 0) is 28.8 Å². The van der Waals surface area contributed by atoms with Crippen molar-refractivity contribution in [2.75, 3.05) is 12.4 Å². The molecule has 1 aliphatic rings. The quantitative estimate of drug-likeness (QED) is 0.607. The number of hydrogen-bond acceptors (Lipinski definition) is 8. The third-order valence-electron chi connectivity index (χ3n) is 4.59. The SMILES string of the molecule is COC(=O)c1c(NC(=O)CCc2nc(-c3cccs3)no2)sc2c1CCCC2. The standard InChI is InChI=1S/C19H19N3O4S2/c1-25-19(24)16-11-5-2-3-6-12(11)28-18(16)20-14(23)8-9-15-21-17(22-26-15)13-7-4-10-27-13/h4,7,10H,2-3,5-6,8-9H2,1H3,(H,20,23). The van der Waals surface area contributed by atoms with E-state index < -0.39 is 5.97 Å². The van der Waals surface area contributed by atoms with Gasteiger partial charge in [-0.2, -0.15) is 4.98 Å². The van der Waals surface area contributed by atoms with Crippen LogP contribution in [0.15, 0.2) is 22.0 Å². The minimum atomic E-state index is -0.396. The number of anilines is 1. The Balaban J connectivity index is 1.43. The average Bonchev–Trinajstić information content (AvgIpc) is 3.44. The van der Waals surface area contributed by atoms with Gasteiger partial charge in [-0.3, -0.25) is 4.79 Å². The van der Waals surface area contributed by atoms with Crippen LogP contribution in [-0.4, -0.2) is 29.1 Å². The number of fused-ring (bicyclic) bond motifs is 1. The minimum absolute atomic E-state index is 0.190. The number of rotatable bonds is 6. The van der Waals surface area contributed by atoms with Crippen molar-refractivity contribution < 1.29 is 18.8 Å². The molecule has 0 saturated carbocycles. The lowest BCUT2D eigenvalue weighted by Gasteiger charge is -2.11. The van der Waals surface area contributed by atoms with Crippen molar-refractivity contribution in [3.8, 4) is 10.7 Å². The molecule has 9 heteroatoms. The molecule has 0 unspecified atom stereocenters. The van der Waals surface area contributed by atoms with Gasteiger partial charge < -0.3 is 14.6 Å². The van der Waals surface area contributed by atoms with Crippen molar-refractivity contribution in [3.05, 3.63) is 39.4 Å². The van der Waals surface area contributed by atoms with Crippen molar-refractivity contribution in [2.24, 2.45) is 0 Å². The van der Waals surface area contributed by atoms with Crippen LogP contribution in [0.3, 0.4) is 0 Å². The highest BCUT2D eigenvalue weighted by Crippen LogP contribution is 2.38. The number of aryl methyl sites for hydroxylation is 2. The summed E-state index contributed by atoms with van der Waals surface area (Å²) in [5.74, 6) is 0.355. The maximum atomic E-state index is 12.5. The van der Waals surface area contributed by atoms with Crippen molar-refractivity contribution in [1.82, 2.24) is 10.1 Å². The summed E-state index contributed by atoms with van der Waals surface area (Å²) in [6.07, 6.45) is 4.46. The van der Waals surface area contributed by atoms with E-state index in [0.717, 1.165) is 36.1 Å². The summed E-state index contributed by atoms with van der Waals surface area (Å²) in [4.78, 5) is 31.1. The third-order valence-corrected chi connectivity index (χ3v) is 6.66. The molecular formula is C19H19N3O4S2. The fourth-order valence-corrected chi connectivity index (χ4v) is 5.19. The van der Waals surface area contributed by atoms with Gasteiger partial charge in [-0.15, -0.1) is 22.7 Å². The summed E-state index contributed by atoms with van der Waals surface area (Å²) < 4.78 is 10.2. The van der Waals surface area contributed by atoms with Crippen molar-refractivity contribution in [1.29, 1.82) is 0 Å². The van der Waals surface area contributed by atoms with Crippen LogP contribution in [0.25, 0.3) is 10.7 Å². The van der Waals surface area contributed by atoms with E-state index in [1.54, 1.807) is 0 Å². The molecule has 7 nitrogen and oxygen atoms in total. The fourth-order valence-electron chi connectivity index (χ4n) is 3.24. The number of amides is 1. The van der Waals surface area contributed by atoms with Gasteiger partial charge in [-0.05, 0) is 42.7 Å². The number of carbonyl (C=O) groups excluding carboxylic acids is 2. The first-order valence-corrected chi connectivity index (χ1v) is 10.7. The van der Waals surface area contributed by atoms with E-state index in [2.05, 4.69) is 15.5 Å². The molecule has 0 aliphatic heterocycles. The number of nitrogens with one attached hydrogen (secondary N) is 1. The van der Waals surface area contributed by atoms with E-state index in [9.17, 15) is 9.59 Å². The van der Waals surface area contributed by atoms with E-state index in [1.165, 1.54) is 34.7 Å². The second-order valence-electron chi connectivity index (χ2n) is 6.44. The number of aromatic nitrogens is 2. The number of hydrogen-bond donors (Lipinski definition) is 1. The van der Waals surface area contributed by atoms with Gasteiger partial charge in [0.05, 0.1) is 17.6 Å². The maximum absolute atomic E-state index is 12.5. The molecule has 0 spiro atoms. The van der Waals surface area contributed by atoms with Crippen LogP contribution in [0.5, 0.6) is 0 Å². The van der Waals surface area contributed by atoms with Gasteiger partial charge in [-0.25, -0.2) is 4.79 Å². The minimum Gasteiger partial charge on any atom is -0.465 e. The van der Waals surface area contributed by atoms with Crippen LogP contribution >= 0.6 is 22.7 Å². The summed E-state index contributed by atoms with van der Waals surface area (Å²) in [5, 5.41) is 9.35. The van der Waals surface area contributed by atoms with Crippen LogP contribution in [0, 0.1) is 0 Å². The monoisotopic (exact) mass is 417 g/mol. The van der Waals surface area contributed by atoms with Crippen LogP contribution in [0.2, 0.25) is 0 Å². The molecule has 0 radical (unpaired) electrons. The average molecular weight is 418 g/mol. The topological polar surface area (TPSA) is 94.3 Å². The first-order valence-electron chi connectivity index (χ1n) is 9.05. The highest BCUT2D eigenvalue weighted by Gasteiger charge is 2.27. The lowest BCUT2D eigenvalue weighted by atomic mass is 9.95. The molecule has 4 rings (SSSR count). The first-order chi connectivity index (χ1) is 13.7. The Hall–Kier alpha value is -2.52. The Labute approximate surface area is 169 Å². The van der Waals surface area contributed by atoms with Gasteiger partial charge in [0, 0.05) is 17.7 Å². The maximum Gasteiger partial charge on any atom is 0.341 e. The molecule has 0 fully saturated rings. The van der Waals surface area contributed by atoms with E-state index in [0.29, 0.717) is 28.7 Å². The van der Waals surface area contributed by atoms with Gasteiger partial charge >= 0.3 is 5.97 Å². The molecule has 1 N–H and O–H groups in total. The summed E-state index contributed by atoms with van der Waals surface area (Å²) in [5.41, 5.74) is 1.53.